The van der Waals surface area contributed by atoms with Crippen LogP contribution in [0.2, 0.25) is 0 Å². The summed E-state index contributed by atoms with van der Waals surface area (Å²) in [6.07, 6.45) is -0.515. The average molecular weight is 278 g/mol. The number of nitrogens with one attached hydrogen (secondary N) is 2. The lowest BCUT2D eigenvalue weighted by Gasteiger charge is -2.23. The Balaban J connectivity index is 2.04. The number of amides is 2. The molecule has 1 aliphatic heterocycles. The summed E-state index contributed by atoms with van der Waals surface area (Å²) in [6.45, 7) is 1.23. The largest absolute Gasteiger partial charge is 0.480 e. The lowest BCUT2D eigenvalue weighted by molar-refractivity contribution is -0.137. The molecule has 0 saturated heterocycles. The minimum Gasteiger partial charge on any atom is -0.480 e. The number of carbonyl (C=O) groups excluding carboxylic acids is 2. The van der Waals surface area contributed by atoms with E-state index in [1.54, 1.807) is 25.1 Å². The van der Waals surface area contributed by atoms with Crippen molar-refractivity contribution in [3.63, 3.8) is 0 Å². The molecule has 1 unspecified atom stereocenters. The van der Waals surface area contributed by atoms with Gasteiger partial charge in [-0.2, -0.15) is 0 Å². The monoisotopic (exact) mass is 278 g/mol. The summed E-state index contributed by atoms with van der Waals surface area (Å²) < 4.78 is 5.39. The van der Waals surface area contributed by atoms with Crippen molar-refractivity contribution < 1.29 is 24.2 Å². The van der Waals surface area contributed by atoms with Gasteiger partial charge < -0.3 is 20.5 Å². The fraction of sp³-hybridized carbons (Fsp3) is 0.308. The summed E-state index contributed by atoms with van der Waals surface area (Å²) >= 11 is 0. The Morgan fingerprint density at radius 2 is 2.20 bits per heavy atom. The van der Waals surface area contributed by atoms with E-state index in [9.17, 15) is 14.4 Å². The Labute approximate surface area is 114 Å². The number of carboxylic acid groups (broad SMARTS) is 1. The molecule has 7 nitrogen and oxygen atoms in total. The third kappa shape index (κ3) is 3.25. The molecule has 0 aliphatic carbocycles. The highest BCUT2D eigenvalue weighted by Gasteiger charge is 2.23. The van der Waals surface area contributed by atoms with Gasteiger partial charge in [-0.3, -0.25) is 14.4 Å². The smallest absolute Gasteiger partial charge is 0.322 e. The Bertz CT molecular complexity index is 570. The molecule has 0 spiro atoms. The maximum atomic E-state index is 11.5. The van der Waals surface area contributed by atoms with Crippen molar-refractivity contribution in [1.29, 1.82) is 0 Å². The molecule has 1 aromatic carbocycles. The Morgan fingerprint density at radius 3 is 2.90 bits per heavy atom. The van der Waals surface area contributed by atoms with Crippen molar-refractivity contribution in [2.75, 3.05) is 11.9 Å². The highest BCUT2D eigenvalue weighted by molar-refractivity contribution is 5.97. The second-order valence-electron chi connectivity index (χ2n) is 4.43. The van der Waals surface area contributed by atoms with Gasteiger partial charge in [-0.05, 0) is 24.6 Å². The zero-order valence-corrected chi connectivity index (χ0v) is 10.8. The van der Waals surface area contributed by atoms with Crippen LogP contribution in [-0.4, -0.2) is 35.5 Å². The zero-order valence-electron chi connectivity index (χ0n) is 10.8. The molecule has 0 saturated carbocycles. The Hall–Kier alpha value is -2.57. The summed E-state index contributed by atoms with van der Waals surface area (Å²) in [5.74, 6) is -1.20. The standard InChI is InChI=1S/C13H14N2O5/c1-7-13(19)15-9-4-8(2-3-10(9)20-7)5-11(16)14-6-12(17)18/h2-4,7H,5-6H2,1H3,(H,14,16)(H,15,19)(H,17,18). The molecular formula is C13H14N2O5. The molecule has 0 aromatic heterocycles. The normalized spacial score (nSPS) is 16.6. The van der Waals surface area contributed by atoms with Crippen LogP contribution in [0.25, 0.3) is 0 Å². The molecule has 2 rings (SSSR count). The second-order valence-corrected chi connectivity index (χ2v) is 4.43. The maximum absolute atomic E-state index is 11.5. The molecule has 1 aromatic rings. The molecule has 1 aliphatic rings. The summed E-state index contributed by atoms with van der Waals surface area (Å²) in [4.78, 5) is 33.3. The third-order valence-corrected chi connectivity index (χ3v) is 2.78. The van der Waals surface area contributed by atoms with E-state index in [0.717, 1.165) is 0 Å². The summed E-state index contributed by atoms with van der Waals surface area (Å²) in [7, 11) is 0. The maximum Gasteiger partial charge on any atom is 0.322 e. The van der Waals surface area contributed by atoms with Gasteiger partial charge in [0.25, 0.3) is 5.91 Å². The van der Waals surface area contributed by atoms with Crippen LogP contribution in [0.1, 0.15) is 12.5 Å². The zero-order chi connectivity index (χ0) is 14.7. The molecule has 1 heterocycles. The number of rotatable bonds is 4. The van der Waals surface area contributed by atoms with Gasteiger partial charge in [0.15, 0.2) is 6.10 Å². The van der Waals surface area contributed by atoms with Crippen LogP contribution in [-0.2, 0) is 20.8 Å². The van der Waals surface area contributed by atoms with Gasteiger partial charge >= 0.3 is 5.97 Å². The van der Waals surface area contributed by atoms with E-state index in [2.05, 4.69) is 10.6 Å². The molecule has 20 heavy (non-hydrogen) atoms. The second kappa shape index (κ2) is 5.60. The van der Waals surface area contributed by atoms with E-state index >= 15 is 0 Å². The van der Waals surface area contributed by atoms with Gasteiger partial charge in [0.05, 0.1) is 12.1 Å². The predicted molar refractivity (Wildman–Crippen MR) is 69.5 cm³/mol. The fourth-order valence-corrected chi connectivity index (χ4v) is 1.79. The van der Waals surface area contributed by atoms with Crippen LogP contribution >= 0.6 is 0 Å². The minimum atomic E-state index is -1.10. The number of fused-ring (bicyclic) bond motifs is 1. The first-order valence-electron chi connectivity index (χ1n) is 6.04. The van der Waals surface area contributed by atoms with Crippen LogP contribution in [0.3, 0.4) is 0 Å². The van der Waals surface area contributed by atoms with Crippen molar-refractivity contribution in [2.45, 2.75) is 19.4 Å². The van der Waals surface area contributed by atoms with Crippen molar-refractivity contribution in [1.82, 2.24) is 5.32 Å². The van der Waals surface area contributed by atoms with Crippen LogP contribution in [0.4, 0.5) is 5.69 Å². The van der Waals surface area contributed by atoms with Gasteiger partial charge in [-0.15, -0.1) is 0 Å². The quantitative estimate of drug-likeness (QED) is 0.727. The van der Waals surface area contributed by atoms with E-state index in [1.165, 1.54) is 0 Å². The van der Waals surface area contributed by atoms with E-state index in [1.807, 2.05) is 0 Å². The number of hydrogen-bond donors (Lipinski definition) is 3. The summed E-state index contributed by atoms with van der Waals surface area (Å²) in [5.41, 5.74) is 1.17. The van der Waals surface area contributed by atoms with Gasteiger partial charge in [0, 0.05) is 0 Å². The summed E-state index contributed by atoms with van der Waals surface area (Å²) in [6, 6.07) is 5.01. The number of carboxylic acids is 1. The Kier molecular flexibility index (Phi) is 3.88. The average Bonchev–Trinajstić information content (AvgIpc) is 2.38. The first kappa shape index (κ1) is 13.9. The molecule has 106 valence electrons. The van der Waals surface area contributed by atoms with Crippen molar-refractivity contribution in [3.05, 3.63) is 23.8 Å². The SMILES string of the molecule is CC1Oc2ccc(CC(=O)NCC(=O)O)cc2NC1=O. The van der Waals surface area contributed by atoms with Crippen molar-refractivity contribution >= 4 is 23.5 Å². The molecule has 3 N–H and O–H groups in total. The van der Waals surface area contributed by atoms with Crippen LogP contribution in [0, 0.1) is 0 Å². The molecule has 7 heteroatoms. The summed E-state index contributed by atoms with van der Waals surface area (Å²) in [5, 5.41) is 13.4. The van der Waals surface area contributed by atoms with Crippen LogP contribution in [0.15, 0.2) is 18.2 Å². The minimum absolute atomic E-state index is 0.0337. The predicted octanol–water partition coefficient (Wildman–Crippen LogP) is 0.149. The van der Waals surface area contributed by atoms with Crippen molar-refractivity contribution in [2.24, 2.45) is 0 Å². The van der Waals surface area contributed by atoms with Gasteiger partial charge in [0.1, 0.15) is 12.3 Å². The van der Waals surface area contributed by atoms with E-state index in [0.29, 0.717) is 17.0 Å². The number of anilines is 1. The fourth-order valence-electron chi connectivity index (χ4n) is 1.79. The van der Waals surface area contributed by atoms with Gasteiger partial charge in [-0.1, -0.05) is 6.07 Å². The van der Waals surface area contributed by atoms with Gasteiger partial charge in [-0.25, -0.2) is 0 Å². The molecule has 1 atom stereocenters. The van der Waals surface area contributed by atoms with Crippen LogP contribution < -0.4 is 15.4 Å². The number of ether oxygens (including phenoxy) is 1. The third-order valence-electron chi connectivity index (χ3n) is 2.78. The Morgan fingerprint density at radius 1 is 1.45 bits per heavy atom. The van der Waals surface area contributed by atoms with Crippen LogP contribution in [0.5, 0.6) is 5.75 Å². The van der Waals surface area contributed by atoms with Gasteiger partial charge in [0.2, 0.25) is 5.91 Å². The number of benzene rings is 1. The number of hydrogen-bond acceptors (Lipinski definition) is 4. The van der Waals surface area contributed by atoms with E-state index in [-0.39, 0.29) is 12.3 Å². The number of aliphatic carboxylic acids is 1. The highest BCUT2D eigenvalue weighted by Crippen LogP contribution is 2.30. The first-order valence-corrected chi connectivity index (χ1v) is 6.04. The lowest BCUT2D eigenvalue weighted by Crippen LogP contribution is -2.34. The van der Waals surface area contributed by atoms with E-state index < -0.39 is 24.5 Å². The number of carbonyl (C=O) groups is 3. The van der Waals surface area contributed by atoms with E-state index in [4.69, 9.17) is 9.84 Å². The first-order chi connectivity index (χ1) is 9.45. The molecule has 0 bridgehead atoms. The molecule has 0 fully saturated rings. The topological polar surface area (TPSA) is 105 Å². The lowest BCUT2D eigenvalue weighted by atomic mass is 10.1. The molecule has 0 radical (unpaired) electrons. The highest BCUT2D eigenvalue weighted by atomic mass is 16.5. The molecule has 2 amide bonds. The van der Waals surface area contributed by atoms with Crippen molar-refractivity contribution in [3.8, 4) is 5.75 Å². The molecular weight excluding hydrogens is 264 g/mol.